The lowest BCUT2D eigenvalue weighted by Gasteiger charge is -2.45. The van der Waals surface area contributed by atoms with Crippen LogP contribution in [0.5, 0.6) is 0 Å². The number of nitrogens with zero attached hydrogens (tertiary/aromatic N) is 2. The highest BCUT2D eigenvalue weighted by molar-refractivity contribution is 5.99. The van der Waals surface area contributed by atoms with Gasteiger partial charge in [-0.15, -0.1) is 0 Å². The van der Waals surface area contributed by atoms with E-state index in [2.05, 4.69) is 263 Å². The van der Waals surface area contributed by atoms with Crippen LogP contribution in [0.1, 0.15) is 82.6 Å². The van der Waals surface area contributed by atoms with Gasteiger partial charge in [0.25, 0.3) is 0 Å². The fraction of sp³-hybridized carbons (Fsp3) is 0.200. The van der Waals surface area contributed by atoms with Gasteiger partial charge in [0.1, 0.15) is 0 Å². The molecule has 1 saturated carbocycles. The Balaban J connectivity index is 0.984. The van der Waals surface area contributed by atoms with E-state index >= 15 is 0 Å². The summed E-state index contributed by atoms with van der Waals surface area (Å²) in [7, 11) is 0. The average Bonchev–Trinajstić information content (AvgIpc) is 3.60. The minimum absolute atomic E-state index is 0.104. The highest BCUT2D eigenvalue weighted by atomic mass is 15.1. The van der Waals surface area contributed by atoms with Crippen molar-refractivity contribution >= 4 is 44.9 Å². The first kappa shape index (κ1) is 42.5. The summed E-state index contributed by atoms with van der Waals surface area (Å²) < 4.78 is 0. The average molecular weight is 869 g/mol. The predicted molar refractivity (Wildman–Crippen MR) is 285 cm³/mol. The van der Waals surface area contributed by atoms with Crippen molar-refractivity contribution in [3.05, 3.63) is 241 Å². The van der Waals surface area contributed by atoms with Gasteiger partial charge in [0, 0.05) is 44.7 Å². The largest absolute Gasteiger partial charge is 0.310 e. The molecule has 0 spiro atoms. The van der Waals surface area contributed by atoms with Crippen LogP contribution in [0, 0.1) is 11.3 Å². The molecule has 0 N–H and O–H groups in total. The summed E-state index contributed by atoms with van der Waals surface area (Å²) in [5.74, 6) is 0.687. The molecular weight excluding hydrogens is 809 g/mol. The maximum Gasteiger partial charge on any atom is 0.0540 e. The molecule has 0 radical (unpaired) electrons. The molecule has 9 aromatic carbocycles. The Morgan fingerprint density at radius 1 is 0.433 bits per heavy atom. The molecule has 1 fully saturated rings. The summed E-state index contributed by atoms with van der Waals surface area (Å²) in [5.41, 5.74) is 17.8. The van der Waals surface area contributed by atoms with Crippen LogP contribution in [0.15, 0.2) is 218 Å². The van der Waals surface area contributed by atoms with Crippen LogP contribution in [0.25, 0.3) is 33.0 Å². The number of fused-ring (bicyclic) bond motifs is 4. The van der Waals surface area contributed by atoms with Crippen molar-refractivity contribution in [1.82, 2.24) is 0 Å². The number of hydrogen-bond acceptors (Lipinski definition) is 2. The zero-order valence-corrected chi connectivity index (χ0v) is 39.6. The van der Waals surface area contributed by atoms with E-state index in [0.717, 1.165) is 35.6 Å². The summed E-state index contributed by atoms with van der Waals surface area (Å²) in [4.78, 5) is 4.87. The van der Waals surface area contributed by atoms with Gasteiger partial charge in [-0.2, -0.15) is 0 Å². The van der Waals surface area contributed by atoms with Crippen molar-refractivity contribution in [3.8, 4) is 22.3 Å². The highest BCUT2D eigenvalue weighted by Gasteiger charge is 2.42. The number of benzene rings is 9. The molecule has 0 atom stereocenters. The molecule has 0 aromatic heterocycles. The number of hydrogen-bond donors (Lipinski definition) is 0. The first-order valence-electron chi connectivity index (χ1n) is 24.3. The molecule has 2 aliphatic rings. The Bertz CT molecular complexity index is 3170. The Morgan fingerprint density at radius 3 is 1.57 bits per heavy atom. The maximum absolute atomic E-state index is 2.46. The van der Waals surface area contributed by atoms with E-state index < -0.39 is 0 Å². The molecule has 9 aromatic rings. The van der Waals surface area contributed by atoms with Crippen LogP contribution in [0.3, 0.4) is 0 Å². The Morgan fingerprint density at radius 2 is 0.940 bits per heavy atom. The van der Waals surface area contributed by atoms with Crippen LogP contribution < -0.4 is 9.80 Å². The molecule has 0 saturated heterocycles. The Labute approximate surface area is 398 Å². The minimum Gasteiger partial charge on any atom is -0.310 e. The zero-order chi connectivity index (χ0) is 45.8. The second-order valence-corrected chi connectivity index (χ2v) is 20.6. The second-order valence-electron chi connectivity index (χ2n) is 20.6. The fourth-order valence-corrected chi connectivity index (χ4v) is 11.8. The SMILES string of the molecule is CC1(C)c2cc(N(c3ccccc3)c3ccc(C4(c5ccc(N(c6ccccc6)c6cccc7ccccc67)cc5)CCC(C(C)(C)C)CC4)cc3)ccc2-c2c(-c3ccccc3)cccc21. The van der Waals surface area contributed by atoms with E-state index in [-0.39, 0.29) is 16.2 Å². The molecule has 0 amide bonds. The van der Waals surface area contributed by atoms with Gasteiger partial charge in [-0.3, -0.25) is 0 Å². The monoisotopic (exact) mass is 868 g/mol. The molecule has 67 heavy (non-hydrogen) atoms. The van der Waals surface area contributed by atoms with Crippen LogP contribution >= 0.6 is 0 Å². The minimum atomic E-state index is -0.154. The number of rotatable bonds is 9. The van der Waals surface area contributed by atoms with Crippen molar-refractivity contribution < 1.29 is 0 Å². The molecule has 11 rings (SSSR count). The van der Waals surface area contributed by atoms with E-state index in [1.165, 1.54) is 79.5 Å². The van der Waals surface area contributed by atoms with E-state index in [4.69, 9.17) is 0 Å². The van der Waals surface area contributed by atoms with Gasteiger partial charge < -0.3 is 9.80 Å². The zero-order valence-electron chi connectivity index (χ0n) is 39.6. The molecule has 0 heterocycles. The third-order valence-electron chi connectivity index (χ3n) is 15.5. The van der Waals surface area contributed by atoms with Crippen molar-refractivity contribution in [1.29, 1.82) is 0 Å². The predicted octanol–water partition coefficient (Wildman–Crippen LogP) is 18.3. The van der Waals surface area contributed by atoms with Gasteiger partial charge in [-0.05, 0) is 154 Å². The highest BCUT2D eigenvalue weighted by Crippen LogP contribution is 2.55. The lowest BCUT2D eigenvalue weighted by Crippen LogP contribution is -2.36. The summed E-state index contributed by atoms with van der Waals surface area (Å²) in [6.45, 7) is 12.1. The fourth-order valence-electron chi connectivity index (χ4n) is 11.8. The maximum atomic E-state index is 2.46. The van der Waals surface area contributed by atoms with Crippen molar-refractivity contribution in [2.45, 2.75) is 71.1 Å². The van der Waals surface area contributed by atoms with Gasteiger partial charge in [-0.1, -0.05) is 186 Å². The molecule has 2 aliphatic carbocycles. The Hall–Kier alpha value is -7.16. The molecular formula is C65H60N2. The van der Waals surface area contributed by atoms with E-state index in [1.807, 2.05) is 0 Å². The van der Waals surface area contributed by atoms with Gasteiger partial charge in [0.2, 0.25) is 0 Å². The molecule has 0 aliphatic heterocycles. The lowest BCUT2D eigenvalue weighted by molar-refractivity contribution is 0.146. The van der Waals surface area contributed by atoms with Gasteiger partial charge in [-0.25, -0.2) is 0 Å². The van der Waals surface area contributed by atoms with Gasteiger partial charge in [0.15, 0.2) is 0 Å². The van der Waals surface area contributed by atoms with E-state index in [0.29, 0.717) is 5.92 Å². The number of para-hydroxylation sites is 2. The van der Waals surface area contributed by atoms with Crippen LogP contribution in [-0.2, 0) is 10.8 Å². The van der Waals surface area contributed by atoms with Crippen LogP contribution in [0.2, 0.25) is 0 Å². The normalized spacial score (nSPS) is 17.4. The summed E-state index contributed by atoms with van der Waals surface area (Å²) in [6.07, 6.45) is 4.64. The summed E-state index contributed by atoms with van der Waals surface area (Å²) >= 11 is 0. The van der Waals surface area contributed by atoms with Crippen molar-refractivity contribution in [2.24, 2.45) is 11.3 Å². The smallest absolute Gasteiger partial charge is 0.0540 e. The van der Waals surface area contributed by atoms with Gasteiger partial charge >= 0.3 is 0 Å². The first-order chi connectivity index (χ1) is 32.6. The quantitative estimate of drug-likeness (QED) is 0.143. The summed E-state index contributed by atoms with van der Waals surface area (Å²) in [6, 6.07) is 81.2. The van der Waals surface area contributed by atoms with E-state index in [9.17, 15) is 0 Å². The third kappa shape index (κ3) is 7.53. The first-order valence-corrected chi connectivity index (χ1v) is 24.3. The molecule has 0 bridgehead atoms. The summed E-state index contributed by atoms with van der Waals surface area (Å²) in [5, 5.41) is 2.48. The van der Waals surface area contributed by atoms with E-state index in [1.54, 1.807) is 0 Å². The Kier molecular flexibility index (Phi) is 10.7. The molecule has 2 heteroatoms. The number of anilines is 6. The third-order valence-corrected chi connectivity index (χ3v) is 15.5. The van der Waals surface area contributed by atoms with Crippen molar-refractivity contribution in [3.63, 3.8) is 0 Å². The van der Waals surface area contributed by atoms with Crippen LogP contribution in [0.4, 0.5) is 34.1 Å². The lowest BCUT2D eigenvalue weighted by atomic mass is 9.59. The second kappa shape index (κ2) is 16.9. The molecule has 0 unspecified atom stereocenters. The standard InChI is InChI=1S/C65H60N2/c1-63(2,3)48-41-43-65(44-42-48,50-33-37-54(38-34-50)67(52-25-13-8-14-26-52)61-30-17-22-46-21-15-16-27-56(46)61)49-31-35-53(36-32-49)66(51-23-11-7-12-24-51)55-39-40-58-60(45-55)64(4,5)59-29-18-28-57(62(58)59)47-19-9-6-10-20-47/h6-40,45,48H,41-44H2,1-5H3. The molecule has 2 nitrogen and oxygen atoms in total. The van der Waals surface area contributed by atoms with Crippen LogP contribution in [-0.4, -0.2) is 0 Å². The van der Waals surface area contributed by atoms with Gasteiger partial charge in [0.05, 0.1) is 5.69 Å². The van der Waals surface area contributed by atoms with Crippen molar-refractivity contribution in [2.75, 3.05) is 9.80 Å². The molecule has 330 valence electrons. The topological polar surface area (TPSA) is 6.48 Å².